The average Bonchev–Trinajstić information content (AvgIpc) is 2.26. The number of rotatable bonds is 5. The minimum absolute atomic E-state index is 0.484. The Labute approximate surface area is 91.1 Å². The van der Waals surface area contributed by atoms with Crippen molar-refractivity contribution < 1.29 is 9.84 Å². The van der Waals surface area contributed by atoms with E-state index in [1.807, 2.05) is 12.1 Å². The molecule has 15 heavy (non-hydrogen) atoms. The predicted octanol–water partition coefficient (Wildman–Crippen LogP) is 2.56. The van der Waals surface area contributed by atoms with Gasteiger partial charge in [0.05, 0.1) is 18.9 Å². The molecule has 1 aromatic rings. The summed E-state index contributed by atoms with van der Waals surface area (Å²) >= 11 is 0. The van der Waals surface area contributed by atoms with Crippen molar-refractivity contribution in [2.75, 3.05) is 7.11 Å². The zero-order chi connectivity index (χ0) is 11.3. The van der Waals surface area contributed by atoms with Crippen LogP contribution in [0.2, 0.25) is 0 Å². The minimum atomic E-state index is -0.484. The van der Waals surface area contributed by atoms with E-state index in [9.17, 15) is 5.11 Å². The first-order chi connectivity index (χ1) is 7.13. The standard InChI is InChI=1S/C12H19NO2/c1-9(2)7-8-11(14)10-5-4-6-12(13-10)15-3/h4-6,9,11,14H,7-8H2,1-3H3. The fourth-order valence-electron chi connectivity index (χ4n) is 1.37. The SMILES string of the molecule is COc1cccc(C(O)CCC(C)C)n1. The van der Waals surface area contributed by atoms with Crippen LogP contribution >= 0.6 is 0 Å². The third kappa shape index (κ3) is 3.88. The Morgan fingerprint density at radius 3 is 2.67 bits per heavy atom. The molecule has 0 aliphatic carbocycles. The van der Waals surface area contributed by atoms with Gasteiger partial charge >= 0.3 is 0 Å². The van der Waals surface area contributed by atoms with Crippen molar-refractivity contribution in [1.29, 1.82) is 0 Å². The number of pyridine rings is 1. The summed E-state index contributed by atoms with van der Waals surface area (Å²) in [6.45, 7) is 4.29. The van der Waals surface area contributed by atoms with E-state index in [-0.39, 0.29) is 0 Å². The molecule has 1 heterocycles. The maximum absolute atomic E-state index is 9.87. The molecule has 1 atom stereocenters. The van der Waals surface area contributed by atoms with Crippen LogP contribution in [-0.2, 0) is 0 Å². The zero-order valence-corrected chi connectivity index (χ0v) is 9.60. The molecule has 0 bridgehead atoms. The Morgan fingerprint density at radius 2 is 2.07 bits per heavy atom. The molecule has 1 rings (SSSR count). The number of hydrogen-bond donors (Lipinski definition) is 1. The number of methoxy groups -OCH3 is 1. The lowest BCUT2D eigenvalue weighted by atomic mass is 10.0. The Bertz CT molecular complexity index is 299. The Morgan fingerprint density at radius 1 is 1.33 bits per heavy atom. The van der Waals surface area contributed by atoms with Crippen molar-refractivity contribution >= 4 is 0 Å². The van der Waals surface area contributed by atoms with Crippen LogP contribution in [0.4, 0.5) is 0 Å². The van der Waals surface area contributed by atoms with Gasteiger partial charge in [-0.1, -0.05) is 19.9 Å². The lowest BCUT2D eigenvalue weighted by Gasteiger charge is -2.12. The Balaban J connectivity index is 2.60. The molecule has 0 aliphatic heterocycles. The molecule has 1 aromatic heterocycles. The Kier molecular flexibility index (Phi) is 4.56. The maximum Gasteiger partial charge on any atom is 0.213 e. The number of aromatic nitrogens is 1. The normalized spacial score (nSPS) is 12.9. The molecule has 3 nitrogen and oxygen atoms in total. The molecule has 0 saturated carbocycles. The maximum atomic E-state index is 9.87. The smallest absolute Gasteiger partial charge is 0.213 e. The topological polar surface area (TPSA) is 42.4 Å². The molecule has 3 heteroatoms. The highest BCUT2D eigenvalue weighted by Gasteiger charge is 2.10. The fraction of sp³-hybridized carbons (Fsp3) is 0.583. The van der Waals surface area contributed by atoms with Crippen LogP contribution in [0, 0.1) is 5.92 Å². The second kappa shape index (κ2) is 5.71. The highest BCUT2D eigenvalue weighted by atomic mass is 16.5. The summed E-state index contributed by atoms with van der Waals surface area (Å²) in [5.41, 5.74) is 0.690. The van der Waals surface area contributed by atoms with Crippen LogP contribution < -0.4 is 4.74 Å². The van der Waals surface area contributed by atoms with Gasteiger partial charge in [-0.15, -0.1) is 0 Å². The summed E-state index contributed by atoms with van der Waals surface area (Å²) in [7, 11) is 1.58. The summed E-state index contributed by atoms with van der Waals surface area (Å²) in [5, 5.41) is 9.87. The van der Waals surface area contributed by atoms with Crippen LogP contribution in [0.1, 0.15) is 38.5 Å². The van der Waals surface area contributed by atoms with E-state index in [0.717, 1.165) is 12.8 Å². The van der Waals surface area contributed by atoms with E-state index < -0.39 is 6.10 Å². The van der Waals surface area contributed by atoms with Gasteiger partial charge in [-0.25, -0.2) is 4.98 Å². The molecular weight excluding hydrogens is 190 g/mol. The molecule has 1 N–H and O–H groups in total. The lowest BCUT2D eigenvalue weighted by Crippen LogP contribution is -2.03. The van der Waals surface area contributed by atoms with E-state index in [0.29, 0.717) is 17.5 Å². The second-order valence-electron chi connectivity index (χ2n) is 4.09. The summed E-state index contributed by atoms with van der Waals surface area (Å²) in [5.74, 6) is 1.15. The Hall–Kier alpha value is -1.09. The molecular formula is C12H19NO2. The van der Waals surface area contributed by atoms with E-state index in [1.165, 1.54) is 0 Å². The van der Waals surface area contributed by atoms with Gasteiger partial charge in [-0.2, -0.15) is 0 Å². The average molecular weight is 209 g/mol. The van der Waals surface area contributed by atoms with Crippen molar-refractivity contribution in [3.8, 4) is 5.88 Å². The van der Waals surface area contributed by atoms with Crippen molar-refractivity contribution in [3.05, 3.63) is 23.9 Å². The second-order valence-corrected chi connectivity index (χ2v) is 4.09. The minimum Gasteiger partial charge on any atom is -0.481 e. The summed E-state index contributed by atoms with van der Waals surface area (Å²) in [4.78, 5) is 4.20. The van der Waals surface area contributed by atoms with Crippen molar-refractivity contribution in [1.82, 2.24) is 4.98 Å². The van der Waals surface area contributed by atoms with Crippen LogP contribution in [0.5, 0.6) is 5.88 Å². The number of aliphatic hydroxyl groups excluding tert-OH is 1. The first-order valence-electron chi connectivity index (χ1n) is 5.32. The molecule has 0 aromatic carbocycles. The van der Waals surface area contributed by atoms with Crippen molar-refractivity contribution in [2.45, 2.75) is 32.8 Å². The van der Waals surface area contributed by atoms with Crippen LogP contribution in [0.25, 0.3) is 0 Å². The van der Waals surface area contributed by atoms with Crippen molar-refractivity contribution in [2.24, 2.45) is 5.92 Å². The molecule has 0 aliphatic rings. The van der Waals surface area contributed by atoms with Gasteiger partial charge in [-0.05, 0) is 24.8 Å². The zero-order valence-electron chi connectivity index (χ0n) is 9.60. The van der Waals surface area contributed by atoms with Gasteiger partial charge in [-0.3, -0.25) is 0 Å². The number of ether oxygens (including phenoxy) is 1. The quantitative estimate of drug-likeness (QED) is 0.810. The molecule has 0 saturated heterocycles. The summed E-state index contributed by atoms with van der Waals surface area (Å²) in [6.07, 6.45) is 1.26. The number of hydrogen-bond acceptors (Lipinski definition) is 3. The summed E-state index contributed by atoms with van der Waals surface area (Å²) in [6, 6.07) is 5.45. The number of aliphatic hydroxyl groups is 1. The van der Waals surface area contributed by atoms with Crippen LogP contribution in [0.3, 0.4) is 0 Å². The molecule has 0 radical (unpaired) electrons. The molecule has 0 fully saturated rings. The van der Waals surface area contributed by atoms with Gasteiger partial charge in [0.2, 0.25) is 5.88 Å². The number of nitrogens with zero attached hydrogens (tertiary/aromatic N) is 1. The highest BCUT2D eigenvalue weighted by molar-refractivity contribution is 5.17. The monoisotopic (exact) mass is 209 g/mol. The highest BCUT2D eigenvalue weighted by Crippen LogP contribution is 2.20. The van der Waals surface area contributed by atoms with Crippen molar-refractivity contribution in [3.63, 3.8) is 0 Å². The van der Waals surface area contributed by atoms with E-state index in [1.54, 1.807) is 13.2 Å². The van der Waals surface area contributed by atoms with Crippen LogP contribution in [-0.4, -0.2) is 17.2 Å². The first-order valence-corrected chi connectivity index (χ1v) is 5.32. The largest absolute Gasteiger partial charge is 0.481 e. The van der Waals surface area contributed by atoms with Gasteiger partial charge in [0, 0.05) is 6.07 Å². The van der Waals surface area contributed by atoms with Gasteiger partial charge < -0.3 is 9.84 Å². The molecule has 1 unspecified atom stereocenters. The van der Waals surface area contributed by atoms with Gasteiger partial charge in [0.15, 0.2) is 0 Å². The molecule has 0 amide bonds. The fourth-order valence-corrected chi connectivity index (χ4v) is 1.37. The molecule has 0 spiro atoms. The molecule has 84 valence electrons. The van der Waals surface area contributed by atoms with E-state index in [4.69, 9.17) is 4.74 Å². The lowest BCUT2D eigenvalue weighted by molar-refractivity contribution is 0.153. The summed E-state index contributed by atoms with van der Waals surface area (Å²) < 4.78 is 5.01. The third-order valence-corrected chi connectivity index (χ3v) is 2.31. The van der Waals surface area contributed by atoms with E-state index >= 15 is 0 Å². The van der Waals surface area contributed by atoms with E-state index in [2.05, 4.69) is 18.8 Å². The first kappa shape index (κ1) is 12.0. The van der Waals surface area contributed by atoms with Gasteiger partial charge in [0.25, 0.3) is 0 Å². The predicted molar refractivity (Wildman–Crippen MR) is 59.8 cm³/mol. The third-order valence-electron chi connectivity index (χ3n) is 2.31. The van der Waals surface area contributed by atoms with Crippen LogP contribution in [0.15, 0.2) is 18.2 Å². The van der Waals surface area contributed by atoms with Gasteiger partial charge in [0.1, 0.15) is 0 Å².